The lowest BCUT2D eigenvalue weighted by Gasteiger charge is -2.00. The molecule has 0 saturated heterocycles. The first-order chi connectivity index (χ1) is 38.7. The van der Waals surface area contributed by atoms with Crippen molar-refractivity contribution in [2.24, 2.45) is 0 Å². The van der Waals surface area contributed by atoms with Crippen molar-refractivity contribution >= 4 is 97.0 Å². The van der Waals surface area contributed by atoms with Gasteiger partial charge in [0.2, 0.25) is 0 Å². The van der Waals surface area contributed by atoms with Crippen LogP contribution >= 0.6 is 0 Å². The maximum Gasteiger partial charge on any atom is -0.0178 e. The summed E-state index contributed by atoms with van der Waals surface area (Å²) in [5, 5.41) is 23.6. The number of hydrogen-bond acceptors (Lipinski definition) is 0. The molecule has 0 aromatic heterocycles. The fraction of sp³-hybridized carbons (Fsp3) is 0. The summed E-state index contributed by atoms with van der Waals surface area (Å²) in [6, 6.07) is 126. The van der Waals surface area contributed by atoms with Crippen molar-refractivity contribution in [2.75, 3.05) is 0 Å². The third-order valence-corrected chi connectivity index (χ3v) is 13.5. The Labute approximate surface area is 458 Å². The highest BCUT2D eigenvalue weighted by molar-refractivity contribution is 6.00. The van der Waals surface area contributed by atoms with Gasteiger partial charge in [-0.25, -0.2) is 0 Å². The molecule has 0 aliphatic carbocycles. The molecule has 0 aliphatic heterocycles. The van der Waals surface area contributed by atoms with Gasteiger partial charge in [-0.3, -0.25) is 0 Å². The molecule has 0 bridgehead atoms. The highest BCUT2D eigenvalue weighted by Gasteiger charge is 1.98. The van der Waals surface area contributed by atoms with E-state index in [1.165, 1.54) is 97.0 Å². The monoisotopic (exact) mass is 996 g/mol. The minimum Gasteiger partial charge on any atom is -0.0623 e. The normalized spacial score (nSPS) is 10.3. The second-order valence-electron chi connectivity index (χ2n) is 18.8. The quantitative estimate of drug-likeness (QED) is 0.133. The van der Waals surface area contributed by atoms with Gasteiger partial charge in [0.1, 0.15) is 0 Å². The van der Waals surface area contributed by atoms with Gasteiger partial charge in [0.15, 0.2) is 0 Å². The van der Waals surface area contributed by atoms with Crippen molar-refractivity contribution in [3.05, 3.63) is 364 Å². The van der Waals surface area contributed by atoms with Crippen molar-refractivity contribution in [1.82, 2.24) is 0 Å². The average Bonchev–Trinajstić information content (AvgIpc) is 3.53. The van der Waals surface area contributed by atoms with Gasteiger partial charge in [-0.2, -0.15) is 0 Å². The lowest BCUT2D eigenvalue weighted by Crippen LogP contribution is -1.74. The molecule has 372 valence electrons. The molecule has 0 radical (unpaired) electrons. The zero-order chi connectivity index (χ0) is 52.8. The Morgan fingerprint density at radius 2 is 0.154 bits per heavy atom. The van der Waals surface area contributed by atoms with Gasteiger partial charge >= 0.3 is 0 Å². The molecule has 0 fully saturated rings. The molecule has 0 heteroatoms. The number of rotatable bonds is 0. The predicted molar refractivity (Wildman–Crippen MR) is 343 cm³/mol. The summed E-state index contributed by atoms with van der Waals surface area (Å²) in [7, 11) is 0. The highest BCUT2D eigenvalue weighted by atomic mass is 14.0. The van der Waals surface area contributed by atoms with Crippen molar-refractivity contribution in [3.8, 4) is 0 Å². The SMILES string of the molecule is c1ccc2cc3ccccc3cc2c1.c1ccc2cc3ccccc3cc2c1.c1ccc2cc3ccccc3cc2c1.c1ccc2ccccc2c1.c1ccc2ccccc2c1.c1ccc2ccccc2c1.c1ccccc1. The lowest BCUT2D eigenvalue weighted by molar-refractivity contribution is 1.72. The van der Waals surface area contributed by atoms with Gasteiger partial charge in [-0.15, -0.1) is 0 Å². The van der Waals surface area contributed by atoms with E-state index in [9.17, 15) is 0 Å². The Bertz CT molecular complexity index is 3490. The highest BCUT2D eigenvalue weighted by Crippen LogP contribution is 2.25. The average molecular weight is 997 g/mol. The Kier molecular flexibility index (Phi) is 17.7. The number of fused-ring (bicyclic) bond motifs is 9. The van der Waals surface area contributed by atoms with Crippen LogP contribution in [0.1, 0.15) is 0 Å². The minimum absolute atomic E-state index is 1.31. The van der Waals surface area contributed by atoms with Crippen molar-refractivity contribution in [2.45, 2.75) is 0 Å². The van der Waals surface area contributed by atoms with Gasteiger partial charge < -0.3 is 0 Å². The van der Waals surface area contributed by atoms with Gasteiger partial charge in [0, 0.05) is 0 Å². The summed E-state index contributed by atoms with van der Waals surface area (Å²) < 4.78 is 0. The molecular weight excluding hydrogens is 937 g/mol. The van der Waals surface area contributed by atoms with E-state index < -0.39 is 0 Å². The van der Waals surface area contributed by atoms with E-state index in [1.54, 1.807) is 0 Å². The van der Waals surface area contributed by atoms with E-state index in [0.717, 1.165) is 0 Å². The van der Waals surface area contributed by atoms with E-state index in [4.69, 9.17) is 0 Å². The molecule has 0 N–H and O–H groups in total. The van der Waals surface area contributed by atoms with E-state index in [-0.39, 0.29) is 0 Å². The topological polar surface area (TPSA) is 0 Å². The van der Waals surface area contributed by atoms with Crippen LogP contribution in [0.5, 0.6) is 0 Å². The first-order valence-electron chi connectivity index (χ1n) is 26.6. The molecule has 0 atom stereocenters. The summed E-state index contributed by atoms with van der Waals surface area (Å²) >= 11 is 0. The van der Waals surface area contributed by atoms with Crippen LogP contribution in [-0.2, 0) is 0 Å². The van der Waals surface area contributed by atoms with Crippen molar-refractivity contribution in [3.63, 3.8) is 0 Å². The number of hydrogen-bond donors (Lipinski definition) is 0. The summed E-state index contributed by atoms with van der Waals surface area (Å²) in [4.78, 5) is 0. The van der Waals surface area contributed by atoms with Crippen LogP contribution in [0.4, 0.5) is 0 Å². The van der Waals surface area contributed by atoms with Gasteiger partial charge in [-0.1, -0.05) is 328 Å². The standard InChI is InChI=1S/3C14H10.3C10H8.C6H6/c3*1-2-6-12-10-14-8-4-3-7-13(14)9-11(12)5-1;3*1-2-6-10-8-4-3-7-9(10)5-1;1-2-4-6-5-3-1/h3*1-10H;3*1-8H;1-6H. The van der Waals surface area contributed by atoms with Gasteiger partial charge in [0.25, 0.3) is 0 Å². The van der Waals surface area contributed by atoms with Crippen LogP contribution in [-0.4, -0.2) is 0 Å². The van der Waals surface area contributed by atoms with Crippen LogP contribution in [0, 0.1) is 0 Å². The van der Waals surface area contributed by atoms with Crippen LogP contribution in [0.3, 0.4) is 0 Å². The Morgan fingerprint density at radius 1 is 0.0769 bits per heavy atom. The Balaban J connectivity index is 0.000000104. The fourth-order valence-corrected chi connectivity index (χ4v) is 9.43. The molecule has 0 nitrogen and oxygen atoms in total. The van der Waals surface area contributed by atoms with Crippen molar-refractivity contribution in [1.29, 1.82) is 0 Å². The zero-order valence-corrected chi connectivity index (χ0v) is 43.6. The second kappa shape index (κ2) is 26.9. The zero-order valence-electron chi connectivity index (χ0n) is 43.6. The minimum atomic E-state index is 1.31. The van der Waals surface area contributed by atoms with E-state index in [2.05, 4.69) is 328 Å². The van der Waals surface area contributed by atoms with Crippen LogP contribution in [0.25, 0.3) is 97.0 Å². The van der Waals surface area contributed by atoms with Crippen LogP contribution in [0.15, 0.2) is 364 Å². The molecule has 16 aromatic carbocycles. The third-order valence-electron chi connectivity index (χ3n) is 13.5. The van der Waals surface area contributed by atoms with Gasteiger partial charge in [0.05, 0.1) is 0 Å². The molecule has 0 aliphatic rings. The molecule has 0 spiro atoms. The lowest BCUT2D eigenvalue weighted by atomic mass is 10.0. The molecule has 78 heavy (non-hydrogen) atoms. The summed E-state index contributed by atoms with van der Waals surface area (Å²) in [5.41, 5.74) is 0. The Morgan fingerprint density at radius 3 is 0.244 bits per heavy atom. The fourth-order valence-electron chi connectivity index (χ4n) is 9.43. The Hall–Kier alpha value is -10.1. The molecule has 16 aromatic rings. The molecule has 16 rings (SSSR count). The predicted octanol–water partition coefficient (Wildman–Crippen LogP) is 22.2. The van der Waals surface area contributed by atoms with Gasteiger partial charge in [-0.05, 0) is 133 Å². The maximum atomic E-state index is 2.24. The van der Waals surface area contributed by atoms with E-state index in [1.807, 2.05) is 36.4 Å². The third kappa shape index (κ3) is 14.2. The summed E-state index contributed by atoms with van der Waals surface area (Å²) in [5.74, 6) is 0. The smallest absolute Gasteiger partial charge is 0.0178 e. The molecule has 0 amide bonds. The van der Waals surface area contributed by atoms with E-state index in [0.29, 0.717) is 0 Å². The molecule has 0 saturated carbocycles. The van der Waals surface area contributed by atoms with Crippen molar-refractivity contribution < 1.29 is 0 Å². The van der Waals surface area contributed by atoms with E-state index >= 15 is 0 Å². The molecular formula is C78H60. The largest absolute Gasteiger partial charge is 0.0623 e. The first kappa shape index (κ1) is 51.4. The summed E-state index contributed by atoms with van der Waals surface area (Å²) in [6.45, 7) is 0. The maximum absolute atomic E-state index is 2.24. The van der Waals surface area contributed by atoms with Crippen LogP contribution in [0.2, 0.25) is 0 Å². The second-order valence-corrected chi connectivity index (χ2v) is 18.8. The molecule has 0 unspecified atom stereocenters. The summed E-state index contributed by atoms with van der Waals surface area (Å²) in [6.07, 6.45) is 0. The first-order valence-corrected chi connectivity index (χ1v) is 26.6. The molecule has 0 heterocycles. The van der Waals surface area contributed by atoms with Crippen LogP contribution < -0.4 is 0 Å². The number of benzene rings is 16.